The summed E-state index contributed by atoms with van der Waals surface area (Å²) in [5.74, 6) is 1.16. The van der Waals surface area contributed by atoms with E-state index in [-0.39, 0.29) is 11.8 Å². The van der Waals surface area contributed by atoms with Crippen molar-refractivity contribution in [2.75, 3.05) is 32.8 Å². The highest BCUT2D eigenvalue weighted by Gasteiger charge is 2.24. The van der Waals surface area contributed by atoms with Gasteiger partial charge in [-0.1, -0.05) is 0 Å². The van der Waals surface area contributed by atoms with Crippen molar-refractivity contribution in [3.63, 3.8) is 0 Å². The molecule has 1 aromatic carbocycles. The average Bonchev–Trinajstić information content (AvgIpc) is 2.92. The second kappa shape index (κ2) is 5.73. The van der Waals surface area contributed by atoms with Gasteiger partial charge >= 0.3 is 0 Å². The Bertz CT molecular complexity index is 427. The third kappa shape index (κ3) is 2.73. The van der Waals surface area contributed by atoms with Crippen molar-refractivity contribution in [3.05, 3.63) is 18.2 Å². The lowest BCUT2D eigenvalue weighted by atomic mass is 10.1. The van der Waals surface area contributed by atoms with Crippen LogP contribution in [0.2, 0.25) is 0 Å². The Labute approximate surface area is 106 Å². The molecule has 0 saturated carbocycles. The Morgan fingerprint density at radius 2 is 2.22 bits per heavy atom. The summed E-state index contributed by atoms with van der Waals surface area (Å²) in [6.45, 7) is 1.13. The first-order chi connectivity index (χ1) is 8.74. The van der Waals surface area contributed by atoms with Gasteiger partial charge in [-0.3, -0.25) is 4.79 Å². The van der Waals surface area contributed by atoms with Gasteiger partial charge in [0.25, 0.3) is 0 Å². The van der Waals surface area contributed by atoms with Gasteiger partial charge < -0.3 is 19.5 Å². The molecule has 98 valence electrons. The maximum absolute atomic E-state index is 12.0. The molecule has 0 aliphatic carbocycles. The third-order valence-electron chi connectivity index (χ3n) is 2.96. The van der Waals surface area contributed by atoms with Crippen molar-refractivity contribution in [3.8, 4) is 11.5 Å². The van der Waals surface area contributed by atoms with Crippen LogP contribution in [0.3, 0.4) is 0 Å². The first kappa shape index (κ1) is 12.7. The predicted octanol–water partition coefficient (Wildman–Crippen LogP) is 1.68. The van der Waals surface area contributed by atoms with Crippen LogP contribution in [-0.2, 0) is 9.53 Å². The molecule has 0 spiro atoms. The summed E-state index contributed by atoms with van der Waals surface area (Å²) < 4.78 is 15.5. The normalized spacial score (nSPS) is 18.4. The molecule has 2 rings (SSSR count). The summed E-state index contributed by atoms with van der Waals surface area (Å²) in [6, 6.07) is 5.29. The minimum atomic E-state index is -0.0825. The summed E-state index contributed by atoms with van der Waals surface area (Å²) in [6.07, 6.45) is 0.762. The van der Waals surface area contributed by atoms with Crippen LogP contribution in [0.5, 0.6) is 11.5 Å². The molecule has 18 heavy (non-hydrogen) atoms. The summed E-state index contributed by atoms with van der Waals surface area (Å²) in [5.41, 5.74) is 0.619. The lowest BCUT2D eigenvalue weighted by molar-refractivity contribution is -0.119. The Morgan fingerprint density at radius 1 is 1.39 bits per heavy atom. The number of hydrogen-bond acceptors (Lipinski definition) is 4. The van der Waals surface area contributed by atoms with E-state index in [9.17, 15) is 4.79 Å². The molecule has 1 aromatic rings. The Hall–Kier alpha value is -1.75. The molecular weight excluding hydrogens is 234 g/mol. The molecule has 1 aliphatic rings. The summed E-state index contributed by atoms with van der Waals surface area (Å²) in [4.78, 5) is 12.0. The van der Waals surface area contributed by atoms with Gasteiger partial charge in [-0.05, 0) is 18.6 Å². The standard InChI is InChI=1S/C13H17NO4/c1-16-10-3-4-12(17-2)11(7-10)14-13(15)9-5-6-18-8-9/h3-4,7,9H,5-6,8H2,1-2H3,(H,14,15). The van der Waals surface area contributed by atoms with Gasteiger partial charge in [-0.2, -0.15) is 0 Å². The lowest BCUT2D eigenvalue weighted by Gasteiger charge is -2.13. The van der Waals surface area contributed by atoms with E-state index in [0.29, 0.717) is 30.4 Å². The molecule has 1 aliphatic heterocycles. The molecule has 1 amide bonds. The molecule has 5 heteroatoms. The number of carbonyl (C=O) groups is 1. The van der Waals surface area contributed by atoms with E-state index in [1.54, 1.807) is 32.4 Å². The number of hydrogen-bond donors (Lipinski definition) is 1. The summed E-state index contributed by atoms with van der Waals surface area (Å²) in [7, 11) is 3.15. The maximum Gasteiger partial charge on any atom is 0.230 e. The van der Waals surface area contributed by atoms with Crippen molar-refractivity contribution >= 4 is 11.6 Å². The highest BCUT2D eigenvalue weighted by molar-refractivity contribution is 5.94. The number of amides is 1. The Morgan fingerprint density at radius 3 is 2.83 bits per heavy atom. The van der Waals surface area contributed by atoms with Gasteiger partial charge in [-0.25, -0.2) is 0 Å². The number of rotatable bonds is 4. The van der Waals surface area contributed by atoms with Gasteiger partial charge in [0.1, 0.15) is 11.5 Å². The number of nitrogens with one attached hydrogen (secondary N) is 1. The second-order valence-electron chi connectivity index (χ2n) is 4.12. The molecule has 0 radical (unpaired) electrons. The minimum Gasteiger partial charge on any atom is -0.497 e. The first-order valence-corrected chi connectivity index (χ1v) is 5.85. The van der Waals surface area contributed by atoms with Gasteiger partial charge in [0, 0.05) is 12.7 Å². The van der Waals surface area contributed by atoms with E-state index >= 15 is 0 Å². The van der Waals surface area contributed by atoms with Crippen LogP contribution in [0.15, 0.2) is 18.2 Å². The number of ether oxygens (including phenoxy) is 3. The summed E-state index contributed by atoms with van der Waals surface area (Å²) in [5, 5.41) is 2.85. The molecule has 0 aromatic heterocycles. The fraction of sp³-hybridized carbons (Fsp3) is 0.462. The van der Waals surface area contributed by atoms with E-state index < -0.39 is 0 Å². The zero-order valence-electron chi connectivity index (χ0n) is 10.6. The van der Waals surface area contributed by atoms with E-state index in [0.717, 1.165) is 6.42 Å². The van der Waals surface area contributed by atoms with Crippen LogP contribution in [0.25, 0.3) is 0 Å². The largest absolute Gasteiger partial charge is 0.497 e. The zero-order valence-corrected chi connectivity index (χ0v) is 10.6. The molecular formula is C13H17NO4. The van der Waals surface area contributed by atoms with Crippen LogP contribution < -0.4 is 14.8 Å². The molecule has 1 heterocycles. The quantitative estimate of drug-likeness (QED) is 0.884. The van der Waals surface area contributed by atoms with Crippen LogP contribution in [0.4, 0.5) is 5.69 Å². The van der Waals surface area contributed by atoms with Gasteiger partial charge in [0.15, 0.2) is 0 Å². The van der Waals surface area contributed by atoms with Crippen LogP contribution in [0, 0.1) is 5.92 Å². The zero-order chi connectivity index (χ0) is 13.0. The lowest BCUT2D eigenvalue weighted by Crippen LogP contribution is -2.23. The minimum absolute atomic E-state index is 0.0425. The van der Waals surface area contributed by atoms with Crippen molar-refractivity contribution in [1.82, 2.24) is 0 Å². The van der Waals surface area contributed by atoms with E-state index in [2.05, 4.69) is 5.32 Å². The Balaban J connectivity index is 2.13. The topological polar surface area (TPSA) is 56.8 Å². The summed E-state index contributed by atoms with van der Waals surface area (Å²) >= 11 is 0. The second-order valence-corrected chi connectivity index (χ2v) is 4.12. The van der Waals surface area contributed by atoms with Crippen LogP contribution in [-0.4, -0.2) is 33.3 Å². The smallest absolute Gasteiger partial charge is 0.230 e. The van der Waals surface area contributed by atoms with E-state index in [4.69, 9.17) is 14.2 Å². The number of benzene rings is 1. The van der Waals surface area contributed by atoms with Crippen molar-refractivity contribution in [1.29, 1.82) is 0 Å². The molecule has 1 unspecified atom stereocenters. The van der Waals surface area contributed by atoms with Crippen LogP contribution in [0.1, 0.15) is 6.42 Å². The van der Waals surface area contributed by atoms with Gasteiger partial charge in [-0.15, -0.1) is 0 Å². The fourth-order valence-corrected chi connectivity index (χ4v) is 1.89. The maximum atomic E-state index is 12.0. The fourth-order valence-electron chi connectivity index (χ4n) is 1.89. The van der Waals surface area contributed by atoms with Crippen molar-refractivity contribution in [2.45, 2.75) is 6.42 Å². The first-order valence-electron chi connectivity index (χ1n) is 5.85. The molecule has 5 nitrogen and oxygen atoms in total. The molecule has 1 saturated heterocycles. The molecule has 1 N–H and O–H groups in total. The van der Waals surface area contributed by atoms with Crippen molar-refractivity contribution < 1.29 is 19.0 Å². The monoisotopic (exact) mass is 251 g/mol. The SMILES string of the molecule is COc1ccc(OC)c(NC(=O)C2CCOC2)c1. The highest BCUT2D eigenvalue weighted by Crippen LogP contribution is 2.29. The predicted molar refractivity (Wildman–Crippen MR) is 67.1 cm³/mol. The molecule has 0 bridgehead atoms. The third-order valence-corrected chi connectivity index (χ3v) is 2.96. The van der Waals surface area contributed by atoms with E-state index in [1.807, 2.05) is 0 Å². The van der Waals surface area contributed by atoms with Crippen LogP contribution >= 0.6 is 0 Å². The number of anilines is 1. The molecule has 1 fully saturated rings. The number of carbonyl (C=O) groups excluding carboxylic acids is 1. The average molecular weight is 251 g/mol. The van der Waals surface area contributed by atoms with E-state index in [1.165, 1.54) is 0 Å². The highest BCUT2D eigenvalue weighted by atomic mass is 16.5. The molecule has 1 atom stereocenters. The van der Waals surface area contributed by atoms with Gasteiger partial charge in [0.05, 0.1) is 32.4 Å². The van der Waals surface area contributed by atoms with Gasteiger partial charge in [0.2, 0.25) is 5.91 Å². The Kier molecular flexibility index (Phi) is 4.04. The van der Waals surface area contributed by atoms with Crippen molar-refractivity contribution in [2.24, 2.45) is 5.92 Å². The number of methoxy groups -OCH3 is 2.